The lowest BCUT2D eigenvalue weighted by Crippen LogP contribution is -2.24. The summed E-state index contributed by atoms with van der Waals surface area (Å²) in [6.45, 7) is 3.58. The van der Waals surface area contributed by atoms with Gasteiger partial charge in [0.1, 0.15) is 10.6 Å². The molecule has 2 aromatic carbocycles. The van der Waals surface area contributed by atoms with Crippen molar-refractivity contribution in [1.82, 2.24) is 9.62 Å². The van der Waals surface area contributed by atoms with Gasteiger partial charge in [-0.25, -0.2) is 13.1 Å². The molecule has 5 nitrogen and oxygen atoms in total. The molecule has 0 bridgehead atoms. The van der Waals surface area contributed by atoms with Gasteiger partial charge in [-0.3, -0.25) is 4.90 Å². The Labute approximate surface area is 174 Å². The molecule has 1 heterocycles. The molecule has 1 aliphatic carbocycles. The lowest BCUT2D eigenvalue weighted by Gasteiger charge is -2.19. The fraction of sp³-hybridized carbons (Fsp3) is 0.478. The highest BCUT2D eigenvalue weighted by Crippen LogP contribution is 2.32. The molecule has 0 spiro atoms. The van der Waals surface area contributed by atoms with Crippen molar-refractivity contribution in [2.24, 2.45) is 0 Å². The van der Waals surface area contributed by atoms with E-state index < -0.39 is 10.0 Å². The number of nitrogens with zero attached hydrogens (tertiary/aromatic N) is 1. The third kappa shape index (κ3) is 4.82. The van der Waals surface area contributed by atoms with Gasteiger partial charge >= 0.3 is 0 Å². The van der Waals surface area contributed by atoms with Crippen LogP contribution in [0.2, 0.25) is 0 Å². The first-order chi connectivity index (χ1) is 14.0. The fourth-order valence-corrected chi connectivity index (χ4v) is 5.54. The summed E-state index contributed by atoms with van der Waals surface area (Å²) < 4.78 is 34.1. The van der Waals surface area contributed by atoms with E-state index in [-0.39, 0.29) is 11.4 Å². The molecule has 1 fully saturated rings. The van der Waals surface area contributed by atoms with Gasteiger partial charge in [0, 0.05) is 13.1 Å². The highest BCUT2D eigenvalue weighted by molar-refractivity contribution is 7.89. The Hall–Kier alpha value is -1.89. The summed E-state index contributed by atoms with van der Waals surface area (Å²) in [6, 6.07) is 11.9. The van der Waals surface area contributed by atoms with Gasteiger partial charge in [-0.15, -0.1) is 0 Å². The zero-order valence-corrected chi connectivity index (χ0v) is 17.9. The number of ether oxygens (including phenoxy) is 1. The molecule has 0 aromatic heterocycles. The predicted octanol–water partition coefficient (Wildman–Crippen LogP) is 3.65. The van der Waals surface area contributed by atoms with Crippen molar-refractivity contribution in [1.29, 1.82) is 0 Å². The summed E-state index contributed by atoms with van der Waals surface area (Å²) in [7, 11) is -2.12. The third-order valence-corrected chi connectivity index (χ3v) is 7.43. The molecule has 1 saturated heterocycles. The Morgan fingerprint density at radius 2 is 1.55 bits per heavy atom. The number of nitrogens with one attached hydrogen (secondary N) is 1. The SMILES string of the molecule is COc1cc2c(cc1S(=O)(=O)NCc1ccc(CN3CCCC3)cc1)CCCC2. The minimum atomic E-state index is -3.65. The molecule has 2 aliphatic rings. The minimum Gasteiger partial charge on any atom is -0.495 e. The van der Waals surface area contributed by atoms with Gasteiger partial charge in [-0.1, -0.05) is 24.3 Å². The van der Waals surface area contributed by atoms with E-state index >= 15 is 0 Å². The molecule has 2 aromatic rings. The van der Waals surface area contributed by atoms with Crippen molar-refractivity contribution in [3.8, 4) is 5.75 Å². The van der Waals surface area contributed by atoms with Gasteiger partial charge in [0.15, 0.2) is 0 Å². The van der Waals surface area contributed by atoms with E-state index in [1.54, 1.807) is 6.07 Å². The average Bonchev–Trinajstić information content (AvgIpc) is 3.25. The average molecular weight is 415 g/mol. The van der Waals surface area contributed by atoms with E-state index in [1.165, 1.54) is 44.2 Å². The van der Waals surface area contributed by atoms with Crippen LogP contribution in [-0.4, -0.2) is 33.5 Å². The summed E-state index contributed by atoms with van der Waals surface area (Å²) in [5, 5.41) is 0. The first-order valence-corrected chi connectivity index (χ1v) is 12.0. The zero-order chi connectivity index (χ0) is 20.3. The second-order valence-electron chi connectivity index (χ2n) is 8.10. The quantitative estimate of drug-likeness (QED) is 0.751. The molecule has 1 N–H and O–H groups in total. The van der Waals surface area contributed by atoms with Crippen LogP contribution < -0.4 is 9.46 Å². The summed E-state index contributed by atoms with van der Waals surface area (Å²) in [5.74, 6) is 0.430. The van der Waals surface area contributed by atoms with Crippen molar-refractivity contribution in [3.63, 3.8) is 0 Å². The van der Waals surface area contributed by atoms with Gasteiger partial charge in [0.25, 0.3) is 0 Å². The minimum absolute atomic E-state index is 0.242. The maximum absolute atomic E-state index is 13.0. The Morgan fingerprint density at radius 3 is 2.21 bits per heavy atom. The molecule has 0 amide bonds. The maximum Gasteiger partial charge on any atom is 0.244 e. The number of hydrogen-bond donors (Lipinski definition) is 1. The van der Waals surface area contributed by atoms with Crippen LogP contribution in [0.4, 0.5) is 0 Å². The van der Waals surface area contributed by atoms with Crippen LogP contribution in [0.25, 0.3) is 0 Å². The summed E-state index contributed by atoms with van der Waals surface area (Å²) in [4.78, 5) is 2.70. The van der Waals surface area contributed by atoms with E-state index in [0.29, 0.717) is 5.75 Å². The molecular formula is C23H30N2O3S. The molecular weight excluding hydrogens is 384 g/mol. The number of benzene rings is 2. The van der Waals surface area contributed by atoms with Crippen molar-refractivity contribution >= 4 is 10.0 Å². The highest BCUT2D eigenvalue weighted by Gasteiger charge is 2.23. The van der Waals surface area contributed by atoms with Crippen LogP contribution in [0.1, 0.15) is 47.9 Å². The normalized spacial score (nSPS) is 17.3. The number of likely N-dealkylation sites (tertiary alicyclic amines) is 1. The summed E-state index contributed by atoms with van der Waals surface area (Å²) in [6.07, 6.45) is 6.74. The number of methoxy groups -OCH3 is 1. The molecule has 0 unspecified atom stereocenters. The zero-order valence-electron chi connectivity index (χ0n) is 17.1. The standard InChI is InChI=1S/C23H30N2O3S/c1-28-22-14-20-6-2-3-7-21(20)15-23(22)29(26,27)24-16-18-8-10-19(11-9-18)17-25-12-4-5-13-25/h8-11,14-15,24H,2-7,12-13,16-17H2,1H3. The summed E-state index contributed by atoms with van der Waals surface area (Å²) >= 11 is 0. The van der Waals surface area contributed by atoms with Crippen LogP contribution in [0, 0.1) is 0 Å². The predicted molar refractivity (Wildman–Crippen MR) is 115 cm³/mol. The number of hydrogen-bond acceptors (Lipinski definition) is 4. The first kappa shape index (κ1) is 20.4. The Kier molecular flexibility index (Phi) is 6.23. The van der Waals surface area contributed by atoms with Gasteiger partial charge in [0.2, 0.25) is 10.0 Å². The largest absolute Gasteiger partial charge is 0.495 e. The van der Waals surface area contributed by atoms with Gasteiger partial charge in [0.05, 0.1) is 7.11 Å². The lowest BCUT2D eigenvalue weighted by molar-refractivity contribution is 0.331. The van der Waals surface area contributed by atoms with Crippen molar-refractivity contribution in [2.45, 2.75) is 56.5 Å². The van der Waals surface area contributed by atoms with Gasteiger partial charge in [-0.05, 0) is 86.0 Å². The Morgan fingerprint density at radius 1 is 0.931 bits per heavy atom. The van der Waals surface area contributed by atoms with E-state index in [4.69, 9.17) is 4.74 Å². The van der Waals surface area contributed by atoms with Crippen molar-refractivity contribution in [3.05, 3.63) is 58.7 Å². The van der Waals surface area contributed by atoms with E-state index in [9.17, 15) is 8.42 Å². The van der Waals surface area contributed by atoms with Gasteiger partial charge < -0.3 is 4.74 Å². The topological polar surface area (TPSA) is 58.6 Å². The third-order valence-electron chi connectivity index (χ3n) is 6.01. The summed E-state index contributed by atoms with van der Waals surface area (Å²) in [5.41, 5.74) is 4.56. The second-order valence-corrected chi connectivity index (χ2v) is 9.84. The Bertz CT molecular complexity index is 949. The fourth-order valence-electron chi connectivity index (χ4n) is 4.33. The molecule has 156 valence electrons. The van der Waals surface area contributed by atoms with Crippen molar-refractivity contribution < 1.29 is 13.2 Å². The highest BCUT2D eigenvalue weighted by atomic mass is 32.2. The maximum atomic E-state index is 13.0. The van der Waals surface area contributed by atoms with E-state index in [2.05, 4.69) is 21.8 Å². The smallest absolute Gasteiger partial charge is 0.244 e. The van der Waals surface area contributed by atoms with Crippen LogP contribution in [0.5, 0.6) is 5.75 Å². The number of aryl methyl sites for hydroxylation is 2. The van der Waals surface area contributed by atoms with E-state index in [0.717, 1.165) is 43.4 Å². The van der Waals surface area contributed by atoms with E-state index in [1.807, 2.05) is 18.2 Å². The van der Waals surface area contributed by atoms with Crippen molar-refractivity contribution in [2.75, 3.05) is 20.2 Å². The molecule has 0 radical (unpaired) electrons. The van der Waals surface area contributed by atoms with Crippen LogP contribution >= 0.6 is 0 Å². The van der Waals surface area contributed by atoms with Crippen LogP contribution in [0.3, 0.4) is 0 Å². The van der Waals surface area contributed by atoms with Gasteiger partial charge in [-0.2, -0.15) is 0 Å². The van der Waals surface area contributed by atoms with Crippen LogP contribution in [0.15, 0.2) is 41.3 Å². The molecule has 29 heavy (non-hydrogen) atoms. The monoisotopic (exact) mass is 414 g/mol. The number of sulfonamides is 1. The van der Waals surface area contributed by atoms with Crippen LogP contribution in [-0.2, 0) is 36.0 Å². The molecule has 6 heteroatoms. The molecule has 0 saturated carbocycles. The first-order valence-electron chi connectivity index (χ1n) is 10.5. The molecule has 0 atom stereocenters. The molecule has 4 rings (SSSR count). The second kappa shape index (κ2) is 8.86. The Balaban J connectivity index is 1.45. The number of fused-ring (bicyclic) bond motifs is 1. The lowest BCUT2D eigenvalue weighted by atomic mass is 9.92. The number of rotatable bonds is 7. The molecule has 1 aliphatic heterocycles.